The third-order valence-electron chi connectivity index (χ3n) is 5.17. The Hall–Kier alpha value is -0.0800. The van der Waals surface area contributed by atoms with Crippen LogP contribution < -0.4 is 5.32 Å². The van der Waals surface area contributed by atoms with Crippen molar-refractivity contribution in [3.8, 4) is 0 Å². The summed E-state index contributed by atoms with van der Waals surface area (Å²) in [7, 11) is 0. The Kier molecular flexibility index (Phi) is 9.80. The minimum absolute atomic E-state index is 0.210. The van der Waals surface area contributed by atoms with Crippen LogP contribution in [0, 0.1) is 11.3 Å². The Morgan fingerprint density at radius 1 is 0.905 bits per heavy atom. The lowest BCUT2D eigenvalue weighted by molar-refractivity contribution is 0.115. The molecular formula is C19H42N2. The minimum Gasteiger partial charge on any atom is -0.311 e. The van der Waals surface area contributed by atoms with E-state index in [9.17, 15) is 0 Å². The highest BCUT2D eigenvalue weighted by atomic mass is 15.1. The van der Waals surface area contributed by atoms with Crippen LogP contribution in [-0.2, 0) is 0 Å². The van der Waals surface area contributed by atoms with Crippen molar-refractivity contribution in [2.75, 3.05) is 26.2 Å². The van der Waals surface area contributed by atoms with Crippen LogP contribution >= 0.6 is 0 Å². The maximum Gasteiger partial charge on any atom is 0.00967 e. The fraction of sp³-hybridized carbons (Fsp3) is 1.00. The Labute approximate surface area is 135 Å². The molecule has 0 aromatic heterocycles. The Bertz CT molecular complexity index is 247. The van der Waals surface area contributed by atoms with Crippen LogP contribution in [0.25, 0.3) is 0 Å². The average Bonchev–Trinajstić information content (AvgIpc) is 2.46. The molecule has 0 aliphatic heterocycles. The lowest BCUT2D eigenvalue weighted by Gasteiger charge is -2.40. The van der Waals surface area contributed by atoms with E-state index in [1.807, 2.05) is 0 Å². The maximum atomic E-state index is 3.75. The van der Waals surface area contributed by atoms with Crippen LogP contribution in [0.1, 0.15) is 81.1 Å². The molecule has 0 aromatic carbocycles. The molecule has 0 rings (SSSR count). The van der Waals surface area contributed by atoms with Crippen LogP contribution in [-0.4, -0.2) is 36.6 Å². The number of hydrogen-bond donors (Lipinski definition) is 1. The first-order valence-electron chi connectivity index (χ1n) is 9.23. The van der Waals surface area contributed by atoms with Gasteiger partial charge in [-0.05, 0) is 51.5 Å². The van der Waals surface area contributed by atoms with Gasteiger partial charge in [0.1, 0.15) is 0 Å². The number of nitrogens with zero attached hydrogens (tertiary/aromatic N) is 1. The molecule has 0 unspecified atom stereocenters. The van der Waals surface area contributed by atoms with E-state index >= 15 is 0 Å². The number of hydrogen-bond acceptors (Lipinski definition) is 2. The van der Waals surface area contributed by atoms with Crippen LogP contribution in [0.5, 0.6) is 0 Å². The lowest BCUT2D eigenvalue weighted by atomic mass is 9.80. The summed E-state index contributed by atoms with van der Waals surface area (Å²) in [5, 5.41) is 3.75. The molecule has 2 heteroatoms. The van der Waals surface area contributed by atoms with Gasteiger partial charge in [0, 0.05) is 25.2 Å². The molecule has 0 radical (unpaired) electrons. The van der Waals surface area contributed by atoms with E-state index in [1.54, 1.807) is 0 Å². The van der Waals surface area contributed by atoms with Crippen LogP contribution in [0.2, 0.25) is 0 Å². The van der Waals surface area contributed by atoms with Gasteiger partial charge in [0.05, 0.1) is 0 Å². The first-order valence-corrected chi connectivity index (χ1v) is 9.23. The van der Waals surface area contributed by atoms with Gasteiger partial charge in [-0.2, -0.15) is 0 Å². The number of rotatable bonds is 11. The van der Waals surface area contributed by atoms with Crippen LogP contribution in [0.4, 0.5) is 0 Å². The monoisotopic (exact) mass is 298 g/mol. The van der Waals surface area contributed by atoms with E-state index in [0.717, 1.165) is 12.5 Å². The molecule has 128 valence electrons. The molecule has 0 saturated heterocycles. The van der Waals surface area contributed by atoms with Gasteiger partial charge in [-0.25, -0.2) is 0 Å². The third-order valence-corrected chi connectivity index (χ3v) is 5.17. The fourth-order valence-corrected chi connectivity index (χ4v) is 2.92. The molecule has 1 N–H and O–H groups in total. The summed E-state index contributed by atoms with van der Waals surface area (Å²) in [5.41, 5.74) is 0.622. The van der Waals surface area contributed by atoms with Crippen molar-refractivity contribution in [1.82, 2.24) is 10.2 Å². The fourth-order valence-electron chi connectivity index (χ4n) is 2.92. The third kappa shape index (κ3) is 8.21. The van der Waals surface area contributed by atoms with Crippen LogP contribution in [0.15, 0.2) is 0 Å². The second-order valence-corrected chi connectivity index (χ2v) is 7.82. The SMILES string of the molecule is CCC(CC)CN(CC)CC(CC)(CC)CNC(C)(C)C. The summed E-state index contributed by atoms with van der Waals surface area (Å²) in [6, 6.07) is 0. The molecule has 2 nitrogen and oxygen atoms in total. The van der Waals surface area contributed by atoms with Gasteiger partial charge in [-0.1, -0.05) is 47.5 Å². The van der Waals surface area contributed by atoms with Gasteiger partial charge >= 0.3 is 0 Å². The summed E-state index contributed by atoms with van der Waals surface area (Å²) in [4.78, 5) is 2.69. The van der Waals surface area contributed by atoms with Gasteiger partial charge in [-0.15, -0.1) is 0 Å². The zero-order chi connectivity index (χ0) is 16.5. The zero-order valence-electron chi connectivity index (χ0n) is 16.2. The molecular weight excluding hydrogens is 256 g/mol. The Balaban J connectivity index is 4.77. The van der Waals surface area contributed by atoms with E-state index in [1.165, 1.54) is 45.3 Å². The summed E-state index contributed by atoms with van der Waals surface area (Å²) >= 11 is 0. The molecule has 0 saturated carbocycles. The van der Waals surface area contributed by atoms with E-state index < -0.39 is 0 Å². The Morgan fingerprint density at radius 2 is 1.43 bits per heavy atom. The highest BCUT2D eigenvalue weighted by molar-refractivity contribution is 4.86. The molecule has 21 heavy (non-hydrogen) atoms. The predicted octanol–water partition coefficient (Wildman–Crippen LogP) is 4.94. The minimum atomic E-state index is 0.210. The van der Waals surface area contributed by atoms with Crippen molar-refractivity contribution < 1.29 is 0 Å². The highest BCUT2D eigenvalue weighted by Crippen LogP contribution is 2.28. The van der Waals surface area contributed by atoms with Gasteiger partial charge in [-0.3, -0.25) is 0 Å². The summed E-state index contributed by atoms with van der Waals surface area (Å²) < 4.78 is 0. The smallest absolute Gasteiger partial charge is 0.00967 e. The summed E-state index contributed by atoms with van der Waals surface area (Å²) in [6.07, 6.45) is 5.12. The molecule has 0 atom stereocenters. The molecule has 0 amide bonds. The van der Waals surface area contributed by atoms with Crippen molar-refractivity contribution in [3.63, 3.8) is 0 Å². The van der Waals surface area contributed by atoms with Gasteiger partial charge in [0.25, 0.3) is 0 Å². The largest absolute Gasteiger partial charge is 0.311 e. The van der Waals surface area contributed by atoms with Crippen molar-refractivity contribution in [1.29, 1.82) is 0 Å². The quantitative estimate of drug-likeness (QED) is 0.581. The lowest BCUT2D eigenvalue weighted by Crippen LogP contribution is -2.49. The number of nitrogens with one attached hydrogen (secondary N) is 1. The second-order valence-electron chi connectivity index (χ2n) is 7.82. The molecule has 0 bridgehead atoms. The van der Waals surface area contributed by atoms with Crippen LogP contribution in [0.3, 0.4) is 0 Å². The van der Waals surface area contributed by atoms with Gasteiger partial charge < -0.3 is 10.2 Å². The zero-order valence-corrected chi connectivity index (χ0v) is 16.2. The molecule has 0 heterocycles. The van der Waals surface area contributed by atoms with Crippen molar-refractivity contribution in [2.45, 2.75) is 86.6 Å². The molecule has 0 aromatic rings. The maximum absolute atomic E-state index is 3.75. The van der Waals surface area contributed by atoms with Gasteiger partial charge in [0.15, 0.2) is 0 Å². The molecule has 0 spiro atoms. The topological polar surface area (TPSA) is 15.3 Å². The summed E-state index contributed by atoms with van der Waals surface area (Å²) in [6.45, 7) is 23.3. The first-order chi connectivity index (χ1) is 9.75. The van der Waals surface area contributed by atoms with Gasteiger partial charge in [0.2, 0.25) is 0 Å². The predicted molar refractivity (Wildman–Crippen MR) is 97.0 cm³/mol. The van der Waals surface area contributed by atoms with Crippen molar-refractivity contribution in [2.24, 2.45) is 11.3 Å². The first kappa shape index (κ1) is 20.9. The molecule has 0 fully saturated rings. The van der Waals surface area contributed by atoms with Crippen molar-refractivity contribution >= 4 is 0 Å². The standard InChI is InChI=1S/C19H42N2/c1-9-17(10-2)14-21(13-5)16-19(11-3,12-4)15-20-18(6,7)8/h17,20H,9-16H2,1-8H3. The second kappa shape index (κ2) is 9.84. The Morgan fingerprint density at radius 3 is 1.76 bits per heavy atom. The molecule has 0 aliphatic rings. The normalized spacial score (nSPS) is 13.4. The average molecular weight is 299 g/mol. The van der Waals surface area contributed by atoms with E-state index in [4.69, 9.17) is 0 Å². The molecule has 0 aliphatic carbocycles. The van der Waals surface area contributed by atoms with E-state index in [0.29, 0.717) is 5.41 Å². The van der Waals surface area contributed by atoms with E-state index in [-0.39, 0.29) is 5.54 Å². The van der Waals surface area contributed by atoms with Crippen molar-refractivity contribution in [3.05, 3.63) is 0 Å². The van der Waals surface area contributed by atoms with E-state index in [2.05, 4.69) is 65.6 Å². The highest BCUT2D eigenvalue weighted by Gasteiger charge is 2.30. The summed E-state index contributed by atoms with van der Waals surface area (Å²) in [5.74, 6) is 0.854.